The van der Waals surface area contributed by atoms with Gasteiger partial charge in [-0.05, 0) is 78.0 Å². The number of rotatable bonds is 13. The summed E-state index contributed by atoms with van der Waals surface area (Å²) in [4.78, 5) is 59.4. The third-order valence-corrected chi connectivity index (χ3v) is 7.35. The van der Waals surface area contributed by atoms with Gasteiger partial charge in [0.25, 0.3) is 5.91 Å². The largest absolute Gasteiger partial charge is 0.444 e. The molecule has 0 spiro atoms. The van der Waals surface area contributed by atoms with Gasteiger partial charge in [-0.15, -0.1) is 0 Å². The highest BCUT2D eigenvalue weighted by atomic mass is 16.6. The van der Waals surface area contributed by atoms with E-state index in [4.69, 9.17) is 14.5 Å². The fourth-order valence-electron chi connectivity index (χ4n) is 5.16. The number of amides is 4. The predicted molar refractivity (Wildman–Crippen MR) is 195 cm³/mol. The van der Waals surface area contributed by atoms with Gasteiger partial charge in [0.05, 0.1) is 0 Å². The molecule has 0 saturated carbocycles. The monoisotopic (exact) mass is 685 g/mol. The maximum atomic E-state index is 14.4. The van der Waals surface area contributed by atoms with Crippen molar-refractivity contribution >= 4 is 30.0 Å². The van der Waals surface area contributed by atoms with E-state index in [9.17, 15) is 19.2 Å². The second-order valence-electron chi connectivity index (χ2n) is 13.9. The number of carbonyl (C=O) groups excluding carboxylic acids is 4. The smallest absolute Gasteiger partial charge is 0.414 e. The van der Waals surface area contributed by atoms with Crippen LogP contribution in [0.2, 0.25) is 0 Å². The van der Waals surface area contributed by atoms with Gasteiger partial charge in [-0.1, -0.05) is 91.5 Å². The number of allylic oxidation sites excluding steroid dienone is 3. The van der Waals surface area contributed by atoms with Crippen molar-refractivity contribution in [1.29, 1.82) is 0 Å². The summed E-state index contributed by atoms with van der Waals surface area (Å²) in [7, 11) is 0. The minimum Gasteiger partial charge on any atom is -0.444 e. The molecule has 50 heavy (non-hydrogen) atoms. The molecule has 1 aliphatic heterocycles. The van der Waals surface area contributed by atoms with Gasteiger partial charge < -0.3 is 20.1 Å². The number of ether oxygens (including phenoxy) is 2. The molecule has 0 unspecified atom stereocenters. The second kappa shape index (κ2) is 17.5. The quantitative estimate of drug-likeness (QED) is 0.167. The molecular weight excluding hydrogens is 634 g/mol. The molecule has 4 amide bonds. The summed E-state index contributed by atoms with van der Waals surface area (Å²) in [5.74, 6) is -0.696. The Morgan fingerprint density at radius 2 is 1.50 bits per heavy atom. The molecule has 2 aromatic carbocycles. The van der Waals surface area contributed by atoms with Gasteiger partial charge in [0.1, 0.15) is 17.2 Å². The summed E-state index contributed by atoms with van der Waals surface area (Å²) in [5, 5.41) is 8.29. The first-order chi connectivity index (χ1) is 23.6. The average Bonchev–Trinajstić information content (AvgIpc) is 3.30. The van der Waals surface area contributed by atoms with Crippen molar-refractivity contribution in [2.45, 2.75) is 90.5 Å². The lowest BCUT2D eigenvalue weighted by atomic mass is 9.83. The normalized spacial score (nSPS) is 17.0. The molecule has 3 rings (SSSR count). The van der Waals surface area contributed by atoms with Crippen LogP contribution in [0.25, 0.3) is 0 Å². The Labute approximate surface area is 295 Å². The van der Waals surface area contributed by atoms with Crippen LogP contribution in [0.3, 0.4) is 0 Å². The van der Waals surface area contributed by atoms with E-state index in [0.717, 1.165) is 5.56 Å². The molecule has 11 nitrogen and oxygen atoms in total. The zero-order valence-electron chi connectivity index (χ0n) is 30.2. The van der Waals surface area contributed by atoms with Crippen LogP contribution in [0.4, 0.5) is 9.59 Å². The van der Waals surface area contributed by atoms with E-state index in [-0.39, 0.29) is 37.3 Å². The van der Waals surface area contributed by atoms with Crippen LogP contribution < -0.4 is 16.0 Å². The van der Waals surface area contributed by atoms with Crippen LogP contribution in [-0.2, 0) is 31.0 Å². The number of aliphatic imine (C=N–C) groups is 1. The Bertz CT molecular complexity index is 1590. The summed E-state index contributed by atoms with van der Waals surface area (Å²) in [6.45, 7) is 17.1. The molecule has 0 saturated heterocycles. The van der Waals surface area contributed by atoms with E-state index >= 15 is 0 Å². The van der Waals surface area contributed by atoms with Crippen molar-refractivity contribution in [3.8, 4) is 0 Å². The Kier molecular flexibility index (Phi) is 13.7. The Hall–Kier alpha value is -5.19. The molecule has 0 bridgehead atoms. The van der Waals surface area contributed by atoms with E-state index < -0.39 is 35.0 Å². The van der Waals surface area contributed by atoms with E-state index in [1.54, 1.807) is 65.8 Å². The summed E-state index contributed by atoms with van der Waals surface area (Å²) < 4.78 is 10.9. The first-order valence-corrected chi connectivity index (χ1v) is 16.8. The number of nitrogens with zero attached hydrogens (tertiary/aromatic N) is 2. The van der Waals surface area contributed by atoms with Crippen molar-refractivity contribution < 1.29 is 28.7 Å². The third-order valence-electron chi connectivity index (χ3n) is 7.35. The van der Waals surface area contributed by atoms with Gasteiger partial charge in [0.15, 0.2) is 5.54 Å². The molecule has 1 heterocycles. The number of hydrogen-bond acceptors (Lipinski definition) is 7. The second-order valence-corrected chi connectivity index (χ2v) is 13.9. The van der Waals surface area contributed by atoms with Crippen LogP contribution in [0.15, 0.2) is 102 Å². The maximum absolute atomic E-state index is 14.4. The zero-order valence-corrected chi connectivity index (χ0v) is 30.2. The van der Waals surface area contributed by atoms with Gasteiger partial charge in [-0.25, -0.2) is 14.6 Å². The van der Waals surface area contributed by atoms with Crippen LogP contribution >= 0.6 is 0 Å². The summed E-state index contributed by atoms with van der Waals surface area (Å²) in [6.07, 6.45) is 6.98. The van der Waals surface area contributed by atoms with Crippen LogP contribution in [0.5, 0.6) is 0 Å². The molecule has 0 aliphatic carbocycles. The molecule has 0 radical (unpaired) electrons. The van der Waals surface area contributed by atoms with Crippen LogP contribution in [-0.4, -0.2) is 65.2 Å². The Morgan fingerprint density at radius 3 is 2.10 bits per heavy atom. The lowest BCUT2D eigenvalue weighted by Crippen LogP contribution is -2.49. The molecule has 11 heteroatoms. The Balaban J connectivity index is 1.77. The molecule has 1 aliphatic rings. The molecule has 3 N–H and O–H groups in total. The lowest BCUT2D eigenvalue weighted by molar-refractivity contribution is -0.130. The van der Waals surface area contributed by atoms with E-state index in [0.29, 0.717) is 24.0 Å². The van der Waals surface area contributed by atoms with Gasteiger partial charge in [0.2, 0.25) is 11.9 Å². The summed E-state index contributed by atoms with van der Waals surface area (Å²) >= 11 is 0. The molecular formula is C39H51N5O6. The van der Waals surface area contributed by atoms with E-state index in [2.05, 4.69) is 22.5 Å². The van der Waals surface area contributed by atoms with Crippen molar-refractivity contribution in [2.75, 3.05) is 13.1 Å². The fraction of sp³-hybridized carbons (Fsp3) is 0.410. The highest BCUT2D eigenvalue weighted by molar-refractivity contribution is 6.13. The molecule has 268 valence electrons. The predicted octanol–water partition coefficient (Wildman–Crippen LogP) is 6.33. The van der Waals surface area contributed by atoms with Gasteiger partial charge in [-0.3, -0.25) is 19.8 Å². The van der Waals surface area contributed by atoms with Crippen LogP contribution in [0.1, 0.15) is 72.4 Å². The van der Waals surface area contributed by atoms with Crippen molar-refractivity contribution in [1.82, 2.24) is 20.9 Å². The first kappa shape index (κ1) is 39.3. The van der Waals surface area contributed by atoms with Crippen molar-refractivity contribution in [3.05, 3.63) is 108 Å². The third kappa shape index (κ3) is 11.5. The van der Waals surface area contributed by atoms with Crippen LogP contribution in [0, 0.1) is 0 Å². The number of benzene rings is 2. The molecule has 0 fully saturated rings. The van der Waals surface area contributed by atoms with E-state index in [1.165, 1.54) is 4.90 Å². The molecule has 2 atom stereocenters. The fourth-order valence-corrected chi connectivity index (χ4v) is 5.16. The van der Waals surface area contributed by atoms with Crippen molar-refractivity contribution in [3.63, 3.8) is 0 Å². The average molecular weight is 686 g/mol. The number of nitrogens with one attached hydrogen (secondary N) is 3. The maximum Gasteiger partial charge on any atom is 0.414 e. The summed E-state index contributed by atoms with van der Waals surface area (Å²) in [6, 6.07) is 17.6. The minimum atomic E-state index is -1.52. The topological polar surface area (TPSA) is 138 Å². The number of carbonyl (C=O) groups is 4. The lowest BCUT2D eigenvalue weighted by Gasteiger charge is -2.27. The molecule has 2 aromatic rings. The van der Waals surface area contributed by atoms with Gasteiger partial charge in [0, 0.05) is 19.5 Å². The zero-order chi connectivity index (χ0) is 37.0. The number of hydrogen-bond donors (Lipinski definition) is 3. The molecule has 0 aromatic heterocycles. The summed E-state index contributed by atoms with van der Waals surface area (Å²) in [5.41, 5.74) is -1.12. The Morgan fingerprint density at radius 1 is 0.900 bits per heavy atom. The van der Waals surface area contributed by atoms with Gasteiger partial charge >= 0.3 is 12.2 Å². The SMILES string of the molecule is C=C(/C=C\C=C/C)[C@@]1(c2ccccc2)N=C(NC(=O)OC(C)(C)C)N(CCCCNC(=O)[C@H](Cc2ccccc2)NC(=O)OC(C)(C)C)C1=O. The number of unbranched alkanes of at least 4 members (excludes halogenated alkanes) is 1. The minimum absolute atomic E-state index is 0.0437. The number of alkyl carbamates (subject to hydrolysis) is 2. The standard InChI is InChI=1S/C39H51N5O6/c1-9-10-13-20-28(2)39(30-23-16-12-17-24-30)33(46)44(34(43-39)42-36(48)50-38(6,7)8)26-19-18-25-40-32(45)31(27-29-21-14-11-15-22-29)41-35(47)49-37(3,4)5/h9-17,20-24,31H,2,18-19,25-27H2,1,3-8H3,(H,40,45)(H,41,47)(H,42,43,48)/b10-9-,20-13-/t31-,39-/m0/s1. The van der Waals surface area contributed by atoms with Gasteiger partial charge in [-0.2, -0.15) is 0 Å². The first-order valence-electron chi connectivity index (χ1n) is 16.8. The number of guanidine groups is 1. The highest BCUT2D eigenvalue weighted by Crippen LogP contribution is 2.40. The highest BCUT2D eigenvalue weighted by Gasteiger charge is 2.51. The van der Waals surface area contributed by atoms with E-state index in [1.807, 2.05) is 67.6 Å². The van der Waals surface area contributed by atoms with Crippen molar-refractivity contribution in [2.24, 2.45) is 4.99 Å².